The number of aliphatic hydroxyl groups is 1. The van der Waals surface area contributed by atoms with E-state index < -0.39 is 6.04 Å². The summed E-state index contributed by atoms with van der Waals surface area (Å²) in [6.45, 7) is -0.161. The van der Waals surface area contributed by atoms with Gasteiger partial charge in [0, 0.05) is 18.0 Å². The lowest BCUT2D eigenvalue weighted by molar-refractivity contribution is 0.265. The first-order chi connectivity index (χ1) is 4.75. The van der Waals surface area contributed by atoms with Crippen molar-refractivity contribution >= 4 is 0 Å². The van der Waals surface area contributed by atoms with Crippen LogP contribution in [0.4, 0.5) is 0 Å². The van der Waals surface area contributed by atoms with E-state index in [9.17, 15) is 0 Å². The number of aromatic amines is 1. The van der Waals surface area contributed by atoms with Crippen molar-refractivity contribution in [2.75, 3.05) is 6.61 Å². The average Bonchev–Trinajstić information content (AvgIpc) is 2.34. The Balaban J connectivity index is 2.82. The molecule has 0 aromatic carbocycles. The topological polar surface area (TPSA) is 82.3 Å². The van der Waals surface area contributed by atoms with E-state index in [1.165, 1.54) is 6.20 Å². The van der Waals surface area contributed by atoms with Gasteiger partial charge in [0.15, 0.2) is 0 Å². The van der Waals surface area contributed by atoms with Gasteiger partial charge in [-0.3, -0.25) is 0 Å². The van der Waals surface area contributed by atoms with E-state index in [0.29, 0.717) is 5.56 Å². The number of aromatic nitrogens is 1. The van der Waals surface area contributed by atoms with Crippen molar-refractivity contribution in [1.29, 1.82) is 0 Å². The monoisotopic (exact) mass is 142 g/mol. The first-order valence-corrected chi connectivity index (χ1v) is 2.97. The largest absolute Gasteiger partial charge is 0.506 e. The molecular weight excluding hydrogens is 132 g/mol. The summed E-state index contributed by atoms with van der Waals surface area (Å²) in [6, 6.07) is -0.494. The Labute approximate surface area is 58.3 Å². The summed E-state index contributed by atoms with van der Waals surface area (Å²) in [5.74, 6) is 0.0987. The fraction of sp³-hybridized carbons (Fsp3) is 0.333. The number of hydrogen-bond donors (Lipinski definition) is 4. The fourth-order valence-electron chi connectivity index (χ4n) is 0.763. The molecule has 1 rings (SSSR count). The summed E-state index contributed by atoms with van der Waals surface area (Å²) >= 11 is 0. The van der Waals surface area contributed by atoms with Crippen LogP contribution in [0.3, 0.4) is 0 Å². The van der Waals surface area contributed by atoms with Crippen LogP contribution in [0, 0.1) is 0 Å². The maximum absolute atomic E-state index is 9.03. The number of nitrogens with one attached hydrogen (secondary N) is 1. The van der Waals surface area contributed by atoms with Gasteiger partial charge in [0.05, 0.1) is 12.6 Å². The predicted octanol–water partition coefficient (Wildman–Crippen LogP) is -0.288. The molecule has 4 heteroatoms. The normalized spacial score (nSPS) is 13.4. The van der Waals surface area contributed by atoms with Gasteiger partial charge in [-0.25, -0.2) is 0 Å². The molecule has 0 amide bonds. The summed E-state index contributed by atoms with van der Waals surface area (Å²) in [5, 5.41) is 17.6. The molecule has 0 fully saturated rings. The molecule has 5 N–H and O–H groups in total. The van der Waals surface area contributed by atoms with Crippen molar-refractivity contribution in [1.82, 2.24) is 4.98 Å². The van der Waals surface area contributed by atoms with Crippen molar-refractivity contribution in [3.05, 3.63) is 18.0 Å². The molecule has 10 heavy (non-hydrogen) atoms. The molecule has 0 radical (unpaired) electrons. The number of H-pyrrole nitrogens is 1. The summed E-state index contributed by atoms with van der Waals surface area (Å²) < 4.78 is 0. The summed E-state index contributed by atoms with van der Waals surface area (Å²) in [5.41, 5.74) is 5.95. The van der Waals surface area contributed by atoms with Gasteiger partial charge in [-0.1, -0.05) is 0 Å². The second-order valence-electron chi connectivity index (χ2n) is 2.08. The van der Waals surface area contributed by atoms with Crippen molar-refractivity contribution < 1.29 is 10.2 Å². The van der Waals surface area contributed by atoms with Crippen LogP contribution in [0.15, 0.2) is 12.4 Å². The Hall–Kier alpha value is -1.00. The van der Waals surface area contributed by atoms with Crippen LogP contribution in [0.5, 0.6) is 5.75 Å². The van der Waals surface area contributed by atoms with Crippen LogP contribution < -0.4 is 5.73 Å². The molecule has 4 nitrogen and oxygen atoms in total. The van der Waals surface area contributed by atoms with Gasteiger partial charge in [-0.05, 0) is 0 Å². The van der Waals surface area contributed by atoms with E-state index in [4.69, 9.17) is 15.9 Å². The molecular formula is C6H10N2O2. The zero-order valence-corrected chi connectivity index (χ0v) is 5.41. The number of nitrogens with two attached hydrogens (primary N) is 1. The van der Waals surface area contributed by atoms with Crippen LogP contribution in [0.1, 0.15) is 11.6 Å². The van der Waals surface area contributed by atoms with Gasteiger partial charge < -0.3 is 20.9 Å². The highest BCUT2D eigenvalue weighted by Gasteiger charge is 2.08. The highest BCUT2D eigenvalue weighted by atomic mass is 16.3. The summed E-state index contributed by atoms with van der Waals surface area (Å²) in [7, 11) is 0. The Morgan fingerprint density at radius 2 is 2.30 bits per heavy atom. The molecule has 0 saturated heterocycles. The minimum absolute atomic E-state index is 0.0987. The Morgan fingerprint density at radius 3 is 2.70 bits per heavy atom. The molecule has 0 aliphatic heterocycles. The molecule has 56 valence electrons. The minimum atomic E-state index is -0.494. The Kier molecular flexibility index (Phi) is 1.94. The van der Waals surface area contributed by atoms with E-state index in [-0.39, 0.29) is 12.4 Å². The van der Waals surface area contributed by atoms with E-state index in [1.54, 1.807) is 6.20 Å². The van der Waals surface area contributed by atoms with Crippen LogP contribution in [-0.2, 0) is 0 Å². The quantitative estimate of drug-likeness (QED) is 0.458. The first-order valence-electron chi connectivity index (χ1n) is 2.97. The molecule has 1 heterocycles. The van der Waals surface area contributed by atoms with Gasteiger partial charge in [-0.15, -0.1) is 0 Å². The Morgan fingerprint density at radius 1 is 1.60 bits per heavy atom. The Bertz CT molecular complexity index is 209. The van der Waals surface area contributed by atoms with E-state index in [2.05, 4.69) is 4.98 Å². The van der Waals surface area contributed by atoms with E-state index >= 15 is 0 Å². The molecule has 0 unspecified atom stereocenters. The van der Waals surface area contributed by atoms with Crippen LogP contribution in [0.25, 0.3) is 0 Å². The molecule has 0 aliphatic rings. The van der Waals surface area contributed by atoms with Crippen LogP contribution in [0.2, 0.25) is 0 Å². The number of aliphatic hydroxyl groups excluding tert-OH is 1. The van der Waals surface area contributed by atoms with Gasteiger partial charge in [-0.2, -0.15) is 0 Å². The molecule has 0 saturated carbocycles. The third kappa shape index (κ3) is 1.12. The highest BCUT2D eigenvalue weighted by molar-refractivity contribution is 5.31. The smallest absolute Gasteiger partial charge is 0.137 e. The molecule has 0 bridgehead atoms. The van der Waals surface area contributed by atoms with Gasteiger partial charge in [0.1, 0.15) is 5.75 Å². The minimum Gasteiger partial charge on any atom is -0.506 e. The fourth-order valence-corrected chi connectivity index (χ4v) is 0.763. The highest BCUT2D eigenvalue weighted by Crippen LogP contribution is 2.20. The standard InChI is InChI=1S/C6H10N2O2/c7-5(3-9)4-1-8-2-6(4)10/h1-2,5,8-10H,3,7H2/t5-/m0/s1. The number of rotatable bonds is 2. The van der Waals surface area contributed by atoms with Gasteiger partial charge in [0.2, 0.25) is 0 Å². The molecule has 0 aliphatic carbocycles. The maximum Gasteiger partial charge on any atom is 0.137 e. The van der Waals surface area contributed by atoms with Crippen molar-refractivity contribution in [2.24, 2.45) is 5.73 Å². The van der Waals surface area contributed by atoms with Crippen molar-refractivity contribution in [2.45, 2.75) is 6.04 Å². The van der Waals surface area contributed by atoms with Gasteiger partial charge >= 0.3 is 0 Å². The third-order valence-electron chi connectivity index (χ3n) is 1.35. The predicted molar refractivity (Wildman–Crippen MR) is 36.5 cm³/mol. The lowest BCUT2D eigenvalue weighted by Crippen LogP contribution is -2.13. The van der Waals surface area contributed by atoms with Gasteiger partial charge in [0.25, 0.3) is 0 Å². The lowest BCUT2D eigenvalue weighted by Gasteiger charge is -2.04. The zero-order chi connectivity index (χ0) is 7.56. The number of aromatic hydroxyl groups is 1. The van der Waals surface area contributed by atoms with E-state index in [0.717, 1.165) is 0 Å². The maximum atomic E-state index is 9.03. The summed E-state index contributed by atoms with van der Waals surface area (Å²) in [6.07, 6.45) is 2.99. The second-order valence-corrected chi connectivity index (χ2v) is 2.08. The SMILES string of the molecule is N[C@@H](CO)c1c[nH]cc1O. The first kappa shape index (κ1) is 7.11. The van der Waals surface area contributed by atoms with Crippen molar-refractivity contribution in [3.8, 4) is 5.75 Å². The molecule has 1 aromatic rings. The summed E-state index contributed by atoms with van der Waals surface area (Å²) in [4.78, 5) is 2.67. The molecule has 1 aromatic heterocycles. The average molecular weight is 142 g/mol. The second kappa shape index (κ2) is 2.72. The molecule has 1 atom stereocenters. The number of hydrogen-bond acceptors (Lipinski definition) is 3. The van der Waals surface area contributed by atoms with Crippen LogP contribution >= 0.6 is 0 Å². The third-order valence-corrected chi connectivity index (χ3v) is 1.35. The zero-order valence-electron chi connectivity index (χ0n) is 5.41. The lowest BCUT2D eigenvalue weighted by atomic mass is 10.2. The van der Waals surface area contributed by atoms with E-state index in [1.807, 2.05) is 0 Å². The van der Waals surface area contributed by atoms with Crippen molar-refractivity contribution in [3.63, 3.8) is 0 Å². The molecule has 0 spiro atoms. The van der Waals surface area contributed by atoms with Crippen LogP contribution in [-0.4, -0.2) is 21.8 Å².